The fraction of sp³-hybridized carbons (Fsp3) is 1.00. The quantitative estimate of drug-likeness (QED) is 0.0544. The fourth-order valence-electron chi connectivity index (χ4n) is 5.97. The molecule has 0 unspecified atom stereocenters. The molecule has 0 bridgehead atoms. The Balaban J connectivity index is 0. The molecular weight excluding hydrogens is 554 g/mol. The molecule has 5 nitrogen and oxygen atoms in total. The van der Waals surface area contributed by atoms with Crippen molar-refractivity contribution in [3.8, 4) is 0 Å². The summed E-state index contributed by atoms with van der Waals surface area (Å²) < 4.78 is 31.6. The minimum atomic E-state index is -4.67. The lowest BCUT2D eigenvalue weighted by Gasteiger charge is -2.16. The van der Waals surface area contributed by atoms with E-state index in [4.69, 9.17) is 17.5 Å². The molecule has 0 aliphatic carbocycles. The Morgan fingerprint density at radius 3 is 0.651 bits per heavy atom. The van der Waals surface area contributed by atoms with Gasteiger partial charge in [-0.1, -0.05) is 206 Å². The van der Waals surface area contributed by atoms with Crippen LogP contribution in [0.5, 0.6) is 0 Å². The van der Waals surface area contributed by atoms with Crippen molar-refractivity contribution < 1.29 is 17.5 Å². The molecule has 0 amide bonds. The van der Waals surface area contributed by atoms with E-state index in [2.05, 4.69) is 25.8 Å². The van der Waals surface area contributed by atoms with E-state index in [-0.39, 0.29) is 0 Å². The van der Waals surface area contributed by atoms with Crippen LogP contribution >= 0.6 is 0 Å². The molecule has 6 heteroatoms. The Morgan fingerprint density at radius 2 is 0.488 bits per heavy atom. The zero-order valence-electron chi connectivity index (χ0n) is 29.6. The molecule has 0 fully saturated rings. The van der Waals surface area contributed by atoms with Crippen LogP contribution in [0.15, 0.2) is 0 Å². The fourth-order valence-corrected chi connectivity index (χ4v) is 5.97. The van der Waals surface area contributed by atoms with E-state index in [1.807, 2.05) is 0 Å². The zero-order chi connectivity index (χ0) is 32.1. The normalized spacial score (nSPS) is 11.7. The van der Waals surface area contributed by atoms with Crippen molar-refractivity contribution in [2.24, 2.45) is 0 Å². The second-order valence-corrected chi connectivity index (χ2v) is 14.3. The Morgan fingerprint density at radius 1 is 0.349 bits per heavy atom. The van der Waals surface area contributed by atoms with E-state index < -0.39 is 10.4 Å². The van der Waals surface area contributed by atoms with Crippen LogP contribution in [0.2, 0.25) is 0 Å². The second-order valence-electron chi connectivity index (χ2n) is 13.4. The minimum Gasteiger partial charge on any atom is -0.306 e. The third kappa shape index (κ3) is 51.7. The summed E-state index contributed by atoms with van der Waals surface area (Å²) in [5.41, 5.74) is 0. The molecule has 0 aromatic heterocycles. The van der Waals surface area contributed by atoms with E-state index in [1.165, 1.54) is 219 Å². The topological polar surface area (TPSA) is 77.8 Å². The standard InChI is InChI=1S/C37H77N.H2O4S/c1-4-6-8-10-12-14-16-18-20-22-24-26-28-30-32-34-36-38(3)37-35-33-31-29-27-25-23-21-19-17-15-13-11-9-7-5-2;1-5(2,3)4/h4-37H2,1-3H3;(H2,1,2,3,4). The summed E-state index contributed by atoms with van der Waals surface area (Å²) in [6.07, 6.45) is 46.8. The third-order valence-corrected chi connectivity index (χ3v) is 8.79. The maximum absolute atomic E-state index is 8.74. The van der Waals surface area contributed by atoms with E-state index >= 15 is 0 Å². The molecule has 0 spiro atoms. The lowest BCUT2D eigenvalue weighted by Crippen LogP contribution is -2.20. The van der Waals surface area contributed by atoms with Gasteiger partial charge in [0.05, 0.1) is 0 Å². The van der Waals surface area contributed by atoms with Crippen molar-refractivity contribution in [2.45, 2.75) is 219 Å². The van der Waals surface area contributed by atoms with Crippen LogP contribution in [-0.2, 0) is 10.4 Å². The van der Waals surface area contributed by atoms with E-state index in [0.29, 0.717) is 0 Å². The lowest BCUT2D eigenvalue weighted by molar-refractivity contribution is 0.314. The van der Waals surface area contributed by atoms with Gasteiger partial charge in [0.15, 0.2) is 0 Å². The minimum absolute atomic E-state index is 1.32. The van der Waals surface area contributed by atoms with Crippen molar-refractivity contribution in [1.82, 2.24) is 4.90 Å². The monoisotopic (exact) mass is 634 g/mol. The smallest absolute Gasteiger partial charge is 0.306 e. The predicted molar refractivity (Wildman–Crippen MR) is 191 cm³/mol. The Bertz CT molecular complexity index is 555. The zero-order valence-corrected chi connectivity index (χ0v) is 30.4. The van der Waals surface area contributed by atoms with Gasteiger partial charge in [0, 0.05) is 0 Å². The van der Waals surface area contributed by atoms with E-state index in [9.17, 15) is 0 Å². The summed E-state index contributed by atoms with van der Waals surface area (Å²) in [5, 5.41) is 0. The largest absolute Gasteiger partial charge is 0.394 e. The van der Waals surface area contributed by atoms with Crippen molar-refractivity contribution in [3.63, 3.8) is 0 Å². The first kappa shape index (κ1) is 45.0. The van der Waals surface area contributed by atoms with Crippen molar-refractivity contribution in [3.05, 3.63) is 0 Å². The third-order valence-electron chi connectivity index (χ3n) is 8.79. The maximum Gasteiger partial charge on any atom is 0.394 e. The van der Waals surface area contributed by atoms with Gasteiger partial charge in [-0.25, -0.2) is 0 Å². The van der Waals surface area contributed by atoms with Gasteiger partial charge in [-0.2, -0.15) is 8.42 Å². The maximum atomic E-state index is 8.74. The van der Waals surface area contributed by atoms with Crippen LogP contribution in [0.25, 0.3) is 0 Å². The Kier molecular flexibility index (Phi) is 39.7. The van der Waals surface area contributed by atoms with E-state index in [0.717, 1.165) is 0 Å². The van der Waals surface area contributed by atoms with Gasteiger partial charge < -0.3 is 4.90 Å². The van der Waals surface area contributed by atoms with E-state index in [1.54, 1.807) is 0 Å². The molecule has 43 heavy (non-hydrogen) atoms. The molecule has 0 atom stereocenters. The Labute approximate surface area is 271 Å². The summed E-state index contributed by atoms with van der Waals surface area (Å²) in [6, 6.07) is 0. The first-order valence-corrected chi connectivity index (χ1v) is 20.6. The van der Waals surface area contributed by atoms with Gasteiger partial charge in [-0.05, 0) is 33.0 Å². The highest BCUT2D eigenvalue weighted by molar-refractivity contribution is 7.79. The molecule has 0 aromatic carbocycles. The van der Waals surface area contributed by atoms with Crippen LogP contribution in [-0.4, -0.2) is 42.6 Å². The highest BCUT2D eigenvalue weighted by Gasteiger charge is 2.00. The van der Waals surface area contributed by atoms with Crippen LogP contribution in [0.3, 0.4) is 0 Å². The van der Waals surface area contributed by atoms with Gasteiger partial charge >= 0.3 is 10.4 Å². The average Bonchev–Trinajstić information content (AvgIpc) is 2.96. The highest BCUT2D eigenvalue weighted by atomic mass is 32.3. The van der Waals surface area contributed by atoms with Crippen molar-refractivity contribution in [2.75, 3.05) is 20.1 Å². The van der Waals surface area contributed by atoms with Crippen molar-refractivity contribution in [1.29, 1.82) is 0 Å². The predicted octanol–water partition coefficient (Wildman–Crippen LogP) is 12.8. The van der Waals surface area contributed by atoms with Gasteiger partial charge in [-0.15, -0.1) is 0 Å². The molecular formula is C37H79NO4S. The number of nitrogens with zero attached hydrogens (tertiary/aromatic N) is 1. The molecule has 0 radical (unpaired) electrons. The summed E-state index contributed by atoms with van der Waals surface area (Å²) in [7, 11) is -2.32. The lowest BCUT2D eigenvalue weighted by atomic mass is 10.0. The summed E-state index contributed by atoms with van der Waals surface area (Å²) in [4.78, 5) is 2.59. The number of hydrogen-bond donors (Lipinski definition) is 2. The molecule has 0 saturated carbocycles. The molecule has 0 heterocycles. The Hall–Kier alpha value is -0.170. The number of unbranched alkanes of at least 4 members (excludes halogenated alkanes) is 30. The molecule has 0 aliphatic rings. The van der Waals surface area contributed by atoms with Crippen molar-refractivity contribution >= 4 is 10.4 Å². The molecule has 262 valence electrons. The number of rotatable bonds is 34. The average molecular weight is 634 g/mol. The van der Waals surface area contributed by atoms with Gasteiger partial charge in [-0.3, -0.25) is 9.11 Å². The molecule has 2 N–H and O–H groups in total. The molecule has 0 rings (SSSR count). The van der Waals surface area contributed by atoms with Crippen LogP contribution in [0.4, 0.5) is 0 Å². The highest BCUT2D eigenvalue weighted by Crippen LogP contribution is 2.15. The summed E-state index contributed by atoms with van der Waals surface area (Å²) in [5.74, 6) is 0. The molecule has 0 aromatic rings. The second kappa shape index (κ2) is 38.0. The van der Waals surface area contributed by atoms with Crippen LogP contribution < -0.4 is 0 Å². The number of hydrogen-bond acceptors (Lipinski definition) is 3. The first-order chi connectivity index (χ1) is 20.8. The van der Waals surface area contributed by atoms with Crippen LogP contribution in [0, 0.1) is 0 Å². The van der Waals surface area contributed by atoms with Gasteiger partial charge in [0.1, 0.15) is 0 Å². The first-order valence-electron chi connectivity index (χ1n) is 19.2. The summed E-state index contributed by atoms with van der Waals surface area (Å²) in [6.45, 7) is 7.25. The van der Waals surface area contributed by atoms with Gasteiger partial charge in [0.25, 0.3) is 0 Å². The van der Waals surface area contributed by atoms with Crippen LogP contribution in [0.1, 0.15) is 219 Å². The summed E-state index contributed by atoms with van der Waals surface area (Å²) >= 11 is 0. The SMILES string of the molecule is CCCCCCCCCCCCCCCCCCN(C)CCCCCCCCCCCCCCCCCC.O=S(=O)(O)O. The van der Waals surface area contributed by atoms with Gasteiger partial charge in [0.2, 0.25) is 0 Å². The molecule has 0 aliphatic heterocycles. The molecule has 0 saturated heterocycles.